The second kappa shape index (κ2) is 11.6. The van der Waals surface area contributed by atoms with E-state index in [1.54, 1.807) is 23.0 Å². The minimum atomic E-state index is -0.696. The molecule has 0 bridgehead atoms. The van der Waals surface area contributed by atoms with E-state index >= 15 is 0 Å². The van der Waals surface area contributed by atoms with Gasteiger partial charge in [0.05, 0.1) is 30.7 Å². The van der Waals surface area contributed by atoms with Gasteiger partial charge in [-0.3, -0.25) is 14.2 Å². The molecule has 10 heteroatoms. The van der Waals surface area contributed by atoms with Crippen LogP contribution in [0.1, 0.15) is 46.9 Å². The molecule has 0 saturated heterocycles. The number of nitrogens with one attached hydrogen (secondary N) is 1. The summed E-state index contributed by atoms with van der Waals surface area (Å²) in [5, 5.41) is 7.95. The number of pyridine rings is 1. The Morgan fingerprint density at radius 3 is 2.58 bits per heavy atom. The van der Waals surface area contributed by atoms with Crippen LogP contribution in [-0.4, -0.2) is 35.4 Å². The average Bonchev–Trinajstić information content (AvgIpc) is 3.18. The highest BCUT2D eigenvalue weighted by Gasteiger charge is 2.17. The fourth-order valence-electron chi connectivity index (χ4n) is 4.29. The quantitative estimate of drug-likeness (QED) is 0.347. The van der Waals surface area contributed by atoms with E-state index in [2.05, 4.69) is 45.5 Å². The zero-order chi connectivity index (χ0) is 27.4. The Hall–Kier alpha value is -3.98. The molecule has 38 heavy (non-hydrogen) atoms. The molecule has 4 rings (SSSR count). The average molecular weight is 534 g/mol. The van der Waals surface area contributed by atoms with Gasteiger partial charge in [-0.1, -0.05) is 43.1 Å². The van der Waals surface area contributed by atoms with Gasteiger partial charge in [0.15, 0.2) is 0 Å². The molecule has 0 amide bonds. The summed E-state index contributed by atoms with van der Waals surface area (Å²) in [5.41, 5.74) is 4.92. The number of hydrogen-bond donors (Lipinski definition) is 1. The summed E-state index contributed by atoms with van der Waals surface area (Å²) in [6.07, 6.45) is 8.76. The van der Waals surface area contributed by atoms with E-state index in [9.17, 15) is 9.59 Å². The monoisotopic (exact) mass is 533 g/mol. The normalized spacial score (nSPS) is 11.7. The fourth-order valence-corrected chi connectivity index (χ4v) is 4.46. The Bertz CT molecular complexity index is 1610. The summed E-state index contributed by atoms with van der Waals surface area (Å²) in [5.74, 6) is 0.140. The summed E-state index contributed by atoms with van der Waals surface area (Å²) in [6.45, 7) is 8.33. The van der Waals surface area contributed by atoms with Crippen molar-refractivity contribution in [2.45, 2.75) is 47.1 Å². The second-order valence-corrected chi connectivity index (χ2v) is 9.95. The lowest BCUT2D eigenvalue weighted by atomic mass is 10.0. The van der Waals surface area contributed by atoms with Crippen LogP contribution >= 0.6 is 11.6 Å². The van der Waals surface area contributed by atoms with Crippen LogP contribution in [0.25, 0.3) is 11.8 Å². The molecule has 0 aliphatic carbocycles. The van der Waals surface area contributed by atoms with Crippen molar-refractivity contribution in [1.29, 1.82) is 0 Å². The van der Waals surface area contributed by atoms with Gasteiger partial charge >= 0.3 is 11.4 Å². The van der Waals surface area contributed by atoms with Crippen LogP contribution in [-0.2, 0) is 20.0 Å². The van der Waals surface area contributed by atoms with Crippen LogP contribution in [0.5, 0.6) is 0 Å². The molecule has 3 heterocycles. The predicted molar refractivity (Wildman–Crippen MR) is 151 cm³/mol. The first-order valence-electron chi connectivity index (χ1n) is 12.5. The molecule has 0 aliphatic rings. The maximum Gasteiger partial charge on any atom is 0.359 e. The van der Waals surface area contributed by atoms with E-state index in [0.717, 1.165) is 45.4 Å². The SMILES string of the molecule is CCCc1ccc(C)c(Cn2c(NC/C(Cl)=C\c3nn(C)cc3C)nc(=O)n(-c3cncc(C)c3)c2=O)c1. The van der Waals surface area contributed by atoms with Crippen LogP contribution in [0.4, 0.5) is 5.95 Å². The number of halogens is 1. The number of benzene rings is 1. The molecule has 9 nitrogen and oxygen atoms in total. The summed E-state index contributed by atoms with van der Waals surface area (Å²) in [6, 6.07) is 8.00. The maximum atomic E-state index is 13.8. The molecule has 0 unspecified atom stereocenters. The van der Waals surface area contributed by atoms with E-state index in [1.807, 2.05) is 34.0 Å². The lowest BCUT2D eigenvalue weighted by molar-refractivity contribution is 0.651. The summed E-state index contributed by atoms with van der Waals surface area (Å²) in [7, 11) is 1.84. The minimum Gasteiger partial charge on any atom is -0.350 e. The van der Waals surface area contributed by atoms with Crippen molar-refractivity contribution in [2.24, 2.45) is 7.05 Å². The smallest absolute Gasteiger partial charge is 0.350 e. The highest BCUT2D eigenvalue weighted by Crippen LogP contribution is 2.17. The van der Waals surface area contributed by atoms with E-state index in [4.69, 9.17) is 11.6 Å². The molecule has 0 spiro atoms. The Balaban J connectivity index is 1.77. The van der Waals surface area contributed by atoms with Gasteiger partial charge in [0.1, 0.15) is 0 Å². The molecule has 0 saturated carbocycles. The van der Waals surface area contributed by atoms with Crippen molar-refractivity contribution in [2.75, 3.05) is 11.9 Å². The highest BCUT2D eigenvalue weighted by molar-refractivity contribution is 6.31. The third kappa shape index (κ3) is 6.11. The Morgan fingerprint density at radius 1 is 1.11 bits per heavy atom. The van der Waals surface area contributed by atoms with Gasteiger partial charge in [0, 0.05) is 24.5 Å². The van der Waals surface area contributed by atoms with Crippen LogP contribution in [0.2, 0.25) is 0 Å². The van der Waals surface area contributed by atoms with Crippen LogP contribution in [0, 0.1) is 20.8 Å². The van der Waals surface area contributed by atoms with E-state index in [-0.39, 0.29) is 19.0 Å². The van der Waals surface area contributed by atoms with Crippen LogP contribution < -0.4 is 16.7 Å². The molecule has 0 atom stereocenters. The predicted octanol–water partition coefficient (Wildman–Crippen LogP) is 4.14. The first-order chi connectivity index (χ1) is 18.2. The fraction of sp³-hybridized carbons (Fsp3) is 0.321. The van der Waals surface area contributed by atoms with Gasteiger partial charge < -0.3 is 5.32 Å². The number of rotatable bonds is 9. The van der Waals surface area contributed by atoms with Crippen molar-refractivity contribution in [1.82, 2.24) is 28.9 Å². The molecule has 0 fully saturated rings. The first-order valence-corrected chi connectivity index (χ1v) is 12.9. The van der Waals surface area contributed by atoms with Crippen LogP contribution in [0.15, 0.2) is 57.5 Å². The maximum absolute atomic E-state index is 13.8. The first kappa shape index (κ1) is 27.1. The standard InChI is InChI=1S/C28H32ClN7O2/c1-6-7-21-9-8-19(3)22(11-21)17-35-26(31-14-23(29)12-25-20(4)16-34(5)33-25)32-27(37)36(28(35)38)24-10-18(2)13-30-15-24/h8-13,15-16H,6-7,14,17H2,1-5H3,(H,31,32,37)/b23-12+. The molecular formula is C28H32ClN7O2. The second-order valence-electron chi connectivity index (χ2n) is 9.47. The van der Waals surface area contributed by atoms with Crippen LogP contribution in [0.3, 0.4) is 0 Å². The number of aromatic nitrogens is 6. The van der Waals surface area contributed by atoms with E-state index < -0.39 is 11.4 Å². The number of nitrogens with zero attached hydrogens (tertiary/aromatic N) is 6. The summed E-state index contributed by atoms with van der Waals surface area (Å²) >= 11 is 6.51. The molecule has 0 aliphatic heterocycles. The number of aryl methyl sites for hydroxylation is 5. The summed E-state index contributed by atoms with van der Waals surface area (Å²) in [4.78, 5) is 35.3. The van der Waals surface area contributed by atoms with Crippen molar-refractivity contribution in [3.8, 4) is 5.69 Å². The molecular weight excluding hydrogens is 502 g/mol. The van der Waals surface area contributed by atoms with Gasteiger partial charge in [0.2, 0.25) is 5.95 Å². The Morgan fingerprint density at radius 2 is 1.89 bits per heavy atom. The van der Waals surface area contributed by atoms with Gasteiger partial charge in [0.25, 0.3) is 0 Å². The van der Waals surface area contributed by atoms with Crippen molar-refractivity contribution < 1.29 is 0 Å². The van der Waals surface area contributed by atoms with Gasteiger partial charge in [-0.2, -0.15) is 10.1 Å². The van der Waals surface area contributed by atoms with Gasteiger partial charge in [-0.05, 0) is 67.2 Å². The van der Waals surface area contributed by atoms with E-state index in [1.165, 1.54) is 16.3 Å². The number of anilines is 1. The van der Waals surface area contributed by atoms with Crippen molar-refractivity contribution in [3.63, 3.8) is 0 Å². The molecule has 1 aromatic carbocycles. The zero-order valence-corrected chi connectivity index (χ0v) is 23.1. The third-order valence-electron chi connectivity index (χ3n) is 6.23. The molecule has 0 radical (unpaired) electrons. The van der Waals surface area contributed by atoms with E-state index in [0.29, 0.717) is 10.7 Å². The molecule has 198 valence electrons. The largest absolute Gasteiger partial charge is 0.359 e. The Kier molecular flexibility index (Phi) is 8.26. The van der Waals surface area contributed by atoms with Gasteiger partial charge in [-0.25, -0.2) is 14.2 Å². The van der Waals surface area contributed by atoms with Gasteiger partial charge in [-0.15, -0.1) is 0 Å². The lowest BCUT2D eigenvalue weighted by Gasteiger charge is -2.17. The number of hydrogen-bond acceptors (Lipinski definition) is 6. The van der Waals surface area contributed by atoms with Crippen molar-refractivity contribution in [3.05, 3.63) is 102 Å². The van der Waals surface area contributed by atoms with Crippen molar-refractivity contribution >= 4 is 23.6 Å². The minimum absolute atomic E-state index is 0.140. The summed E-state index contributed by atoms with van der Waals surface area (Å²) < 4.78 is 4.23. The molecule has 1 N–H and O–H groups in total. The molecule has 3 aromatic heterocycles. The lowest BCUT2D eigenvalue weighted by Crippen LogP contribution is -2.42. The zero-order valence-electron chi connectivity index (χ0n) is 22.3. The Labute approximate surface area is 226 Å². The topological polar surface area (TPSA) is 99.6 Å². The third-order valence-corrected chi connectivity index (χ3v) is 6.47. The molecule has 4 aromatic rings. The highest BCUT2D eigenvalue weighted by atomic mass is 35.5.